The molecule has 26 heavy (non-hydrogen) atoms. The van der Waals surface area contributed by atoms with E-state index in [0.717, 1.165) is 24.2 Å². The zero-order valence-corrected chi connectivity index (χ0v) is 15.1. The third-order valence-electron chi connectivity index (χ3n) is 4.70. The Morgan fingerprint density at radius 3 is 2.81 bits per heavy atom. The van der Waals surface area contributed by atoms with E-state index in [1.807, 2.05) is 31.2 Å². The molecule has 0 aromatic heterocycles. The Labute approximate surface area is 153 Å². The number of aliphatic hydroxyl groups excluding tert-OH is 1. The molecular weight excluding hydrogens is 332 g/mol. The number of carbonyl (C=O) groups excluding carboxylic acids is 1. The lowest BCUT2D eigenvalue weighted by atomic mass is 9.89. The molecule has 0 unspecified atom stereocenters. The third kappa shape index (κ3) is 3.90. The van der Waals surface area contributed by atoms with Crippen molar-refractivity contribution in [1.82, 2.24) is 5.32 Å². The lowest BCUT2D eigenvalue weighted by molar-refractivity contribution is -0.128. The summed E-state index contributed by atoms with van der Waals surface area (Å²) in [4.78, 5) is 17.5. The molecule has 1 fully saturated rings. The lowest BCUT2D eigenvalue weighted by Gasteiger charge is -2.26. The Balaban J connectivity index is 1.77. The molecule has 0 radical (unpaired) electrons. The fourth-order valence-corrected chi connectivity index (χ4v) is 2.94. The summed E-state index contributed by atoms with van der Waals surface area (Å²) in [5, 5.41) is 11.8. The monoisotopic (exact) mass is 358 g/mol. The van der Waals surface area contributed by atoms with Gasteiger partial charge in [0, 0.05) is 31.1 Å². The number of aliphatic hydroxyl groups is 1. The van der Waals surface area contributed by atoms with Gasteiger partial charge in [0.15, 0.2) is 5.54 Å². The van der Waals surface area contributed by atoms with E-state index in [0.29, 0.717) is 25.3 Å². The van der Waals surface area contributed by atoms with E-state index >= 15 is 0 Å². The summed E-state index contributed by atoms with van der Waals surface area (Å²) in [5.74, 6) is 1.09. The van der Waals surface area contributed by atoms with Gasteiger partial charge in [-0.1, -0.05) is 6.08 Å². The number of amides is 1. The molecule has 2 atom stereocenters. The molecule has 3 rings (SSSR count). The van der Waals surface area contributed by atoms with Crippen molar-refractivity contribution in [2.24, 2.45) is 4.99 Å². The molecule has 2 aliphatic rings. The minimum atomic E-state index is -0.962. The van der Waals surface area contributed by atoms with Crippen LogP contribution in [0.3, 0.4) is 0 Å². The zero-order valence-electron chi connectivity index (χ0n) is 15.1. The predicted octanol–water partition coefficient (Wildman–Crippen LogP) is 2.21. The number of aliphatic imine (C=N–C) groups is 1. The Kier molecular flexibility index (Phi) is 5.61. The van der Waals surface area contributed by atoms with E-state index < -0.39 is 5.54 Å². The number of hydrogen-bond acceptors (Lipinski definition) is 5. The van der Waals surface area contributed by atoms with E-state index in [1.54, 1.807) is 6.08 Å². The van der Waals surface area contributed by atoms with E-state index in [4.69, 9.17) is 14.6 Å². The van der Waals surface area contributed by atoms with E-state index in [9.17, 15) is 4.79 Å². The van der Waals surface area contributed by atoms with Gasteiger partial charge in [-0.25, -0.2) is 4.99 Å². The van der Waals surface area contributed by atoms with Crippen molar-refractivity contribution < 1.29 is 19.4 Å². The lowest BCUT2D eigenvalue weighted by Crippen LogP contribution is -2.51. The molecule has 1 aliphatic carbocycles. The Morgan fingerprint density at radius 1 is 1.46 bits per heavy atom. The molecule has 6 nitrogen and oxygen atoms in total. The van der Waals surface area contributed by atoms with Crippen LogP contribution in [-0.2, 0) is 9.53 Å². The van der Waals surface area contributed by atoms with Crippen LogP contribution in [0.25, 0.3) is 0 Å². The van der Waals surface area contributed by atoms with Crippen molar-refractivity contribution in [2.75, 3.05) is 13.2 Å². The fraction of sp³-hybridized carbons (Fsp3) is 0.500. The fourth-order valence-electron chi connectivity index (χ4n) is 2.94. The highest BCUT2D eigenvalue weighted by Gasteiger charge is 2.50. The number of carbonyl (C=O) groups is 1. The summed E-state index contributed by atoms with van der Waals surface area (Å²) in [6.45, 7) is 6.23. The van der Waals surface area contributed by atoms with Gasteiger partial charge in [-0.15, -0.1) is 6.58 Å². The minimum absolute atomic E-state index is 0.0913. The van der Waals surface area contributed by atoms with Gasteiger partial charge in [0.05, 0.1) is 6.61 Å². The predicted molar refractivity (Wildman–Crippen MR) is 99.4 cm³/mol. The highest BCUT2D eigenvalue weighted by Crippen LogP contribution is 2.33. The van der Waals surface area contributed by atoms with Crippen LogP contribution in [0.2, 0.25) is 0 Å². The van der Waals surface area contributed by atoms with Crippen molar-refractivity contribution in [2.45, 2.75) is 50.3 Å². The van der Waals surface area contributed by atoms with Crippen molar-refractivity contribution in [3.05, 3.63) is 42.5 Å². The highest BCUT2D eigenvalue weighted by atomic mass is 16.5. The first-order valence-electron chi connectivity index (χ1n) is 9.11. The first kappa shape index (κ1) is 18.5. The average Bonchev–Trinajstić information content (AvgIpc) is 3.39. The second-order valence-electron chi connectivity index (χ2n) is 6.79. The first-order chi connectivity index (χ1) is 12.6. The summed E-state index contributed by atoms with van der Waals surface area (Å²) >= 11 is 0. The number of rotatable bonds is 9. The molecule has 1 heterocycles. The zero-order chi connectivity index (χ0) is 18.6. The largest absolute Gasteiger partial charge is 0.494 e. The smallest absolute Gasteiger partial charge is 0.252 e. The van der Waals surface area contributed by atoms with E-state index in [2.05, 4.69) is 16.9 Å². The second-order valence-corrected chi connectivity index (χ2v) is 6.79. The number of nitrogens with zero attached hydrogens (tertiary/aromatic N) is 1. The first-order valence-corrected chi connectivity index (χ1v) is 9.11. The maximum atomic E-state index is 12.8. The molecule has 1 amide bonds. The number of nitrogens with one attached hydrogen (secondary N) is 1. The molecule has 140 valence electrons. The average molecular weight is 358 g/mol. The Morgan fingerprint density at radius 2 is 2.19 bits per heavy atom. The molecule has 2 N–H and O–H groups in total. The van der Waals surface area contributed by atoms with Crippen molar-refractivity contribution in [3.8, 4) is 5.75 Å². The standard InChI is InChI=1S/C20H26N2O4/c1-3-11-20(19(24)21-16-7-8-16)14(2)26-18(22-20)15-5-9-17(10-6-15)25-13-4-12-23/h3,5-6,9-10,14,16,23H,1,4,7-8,11-13H2,2H3,(H,21,24)/t14-,20-/m1/s1. The second kappa shape index (κ2) is 7.91. The van der Waals surface area contributed by atoms with Gasteiger partial charge in [-0.2, -0.15) is 0 Å². The van der Waals surface area contributed by atoms with Crippen LogP contribution in [-0.4, -0.2) is 47.8 Å². The van der Waals surface area contributed by atoms with Crippen LogP contribution in [0.15, 0.2) is 41.9 Å². The van der Waals surface area contributed by atoms with Crippen LogP contribution in [0, 0.1) is 0 Å². The van der Waals surface area contributed by atoms with Gasteiger partial charge >= 0.3 is 0 Å². The summed E-state index contributed by atoms with van der Waals surface area (Å²) < 4.78 is 11.5. The van der Waals surface area contributed by atoms with Gasteiger partial charge in [0.2, 0.25) is 5.90 Å². The Bertz CT molecular complexity index is 682. The third-order valence-corrected chi connectivity index (χ3v) is 4.70. The highest BCUT2D eigenvalue weighted by molar-refractivity contribution is 6.00. The SMILES string of the molecule is C=CC[C@@]1(C(=O)NC2CC2)N=C(c2ccc(OCCCO)cc2)O[C@@H]1C. The summed E-state index contributed by atoms with van der Waals surface area (Å²) in [6.07, 6.45) is 4.43. The van der Waals surface area contributed by atoms with Gasteiger partial charge < -0.3 is 19.9 Å². The molecule has 1 aromatic rings. The van der Waals surface area contributed by atoms with Crippen LogP contribution >= 0.6 is 0 Å². The van der Waals surface area contributed by atoms with Crippen molar-refractivity contribution in [3.63, 3.8) is 0 Å². The van der Waals surface area contributed by atoms with Gasteiger partial charge in [0.1, 0.15) is 11.9 Å². The van der Waals surface area contributed by atoms with Crippen LogP contribution in [0.4, 0.5) is 0 Å². The molecule has 0 spiro atoms. The van der Waals surface area contributed by atoms with Crippen molar-refractivity contribution >= 4 is 11.8 Å². The van der Waals surface area contributed by atoms with Gasteiger partial charge in [0.25, 0.3) is 5.91 Å². The molecule has 0 saturated heterocycles. The number of ether oxygens (including phenoxy) is 2. The molecule has 1 aromatic carbocycles. The summed E-state index contributed by atoms with van der Waals surface area (Å²) in [7, 11) is 0. The maximum Gasteiger partial charge on any atom is 0.252 e. The quantitative estimate of drug-likeness (QED) is 0.524. The van der Waals surface area contributed by atoms with E-state index in [-0.39, 0.29) is 24.7 Å². The molecular formula is C20H26N2O4. The molecule has 6 heteroatoms. The van der Waals surface area contributed by atoms with Crippen molar-refractivity contribution in [1.29, 1.82) is 0 Å². The minimum Gasteiger partial charge on any atom is -0.494 e. The van der Waals surface area contributed by atoms with Gasteiger partial charge in [-0.3, -0.25) is 4.79 Å². The Hall–Kier alpha value is -2.34. The summed E-state index contributed by atoms with van der Waals surface area (Å²) in [5.41, 5.74) is -0.160. The number of hydrogen-bond donors (Lipinski definition) is 2. The van der Waals surface area contributed by atoms with Crippen LogP contribution < -0.4 is 10.1 Å². The molecule has 1 saturated carbocycles. The topological polar surface area (TPSA) is 80.2 Å². The maximum absolute atomic E-state index is 12.8. The summed E-state index contributed by atoms with van der Waals surface area (Å²) in [6, 6.07) is 7.67. The van der Waals surface area contributed by atoms with Crippen LogP contribution in [0.5, 0.6) is 5.75 Å². The van der Waals surface area contributed by atoms with Gasteiger partial charge in [-0.05, 0) is 44.0 Å². The van der Waals surface area contributed by atoms with E-state index in [1.165, 1.54) is 0 Å². The number of benzene rings is 1. The molecule has 0 bridgehead atoms. The normalized spacial score (nSPS) is 24.5. The molecule has 1 aliphatic heterocycles. The van der Waals surface area contributed by atoms with Crippen LogP contribution in [0.1, 0.15) is 38.2 Å².